The van der Waals surface area contributed by atoms with Crippen LogP contribution in [0, 0.1) is 0 Å². The Kier molecular flexibility index (Phi) is 8.35. The summed E-state index contributed by atoms with van der Waals surface area (Å²) in [7, 11) is 3.91. The molecular weight excluding hydrogens is 491 g/mol. The number of nitrogens with one attached hydrogen (secondary N) is 2. The van der Waals surface area contributed by atoms with Crippen molar-refractivity contribution in [2.75, 3.05) is 39.9 Å². The number of ether oxygens (including phenoxy) is 1. The lowest BCUT2D eigenvalue weighted by Gasteiger charge is -2.48. The number of fused-ring (bicyclic) bond motifs is 1. The van der Waals surface area contributed by atoms with E-state index in [2.05, 4.69) is 50.3 Å². The molecule has 2 N–H and O–H groups in total. The van der Waals surface area contributed by atoms with E-state index >= 15 is 0 Å². The fourth-order valence-electron chi connectivity index (χ4n) is 4.84. The van der Waals surface area contributed by atoms with E-state index < -0.39 is 0 Å². The minimum Gasteiger partial charge on any atom is -0.379 e. The van der Waals surface area contributed by atoms with Gasteiger partial charge in [0, 0.05) is 39.3 Å². The van der Waals surface area contributed by atoms with Crippen LogP contribution >= 0.6 is 24.0 Å². The van der Waals surface area contributed by atoms with Gasteiger partial charge in [-0.1, -0.05) is 31.4 Å². The van der Waals surface area contributed by atoms with Crippen molar-refractivity contribution in [3.05, 3.63) is 30.1 Å². The molecule has 0 bridgehead atoms. The summed E-state index contributed by atoms with van der Waals surface area (Å²) in [6.07, 6.45) is 6.48. The lowest BCUT2D eigenvalue weighted by atomic mass is 9.80. The van der Waals surface area contributed by atoms with Gasteiger partial charge in [0.15, 0.2) is 5.96 Å². The average Bonchev–Trinajstić information content (AvgIpc) is 3.11. The van der Waals surface area contributed by atoms with Gasteiger partial charge in [-0.3, -0.25) is 9.89 Å². The van der Waals surface area contributed by atoms with Crippen molar-refractivity contribution in [3.63, 3.8) is 0 Å². The topological polar surface area (TPSA) is 66.7 Å². The zero-order valence-electron chi connectivity index (χ0n) is 18.2. The molecule has 0 radical (unpaired) electrons. The normalized spacial score (nSPS) is 20.0. The molecule has 166 valence electrons. The van der Waals surface area contributed by atoms with Crippen molar-refractivity contribution >= 4 is 41.0 Å². The lowest BCUT2D eigenvalue weighted by molar-refractivity contribution is -0.0352. The van der Waals surface area contributed by atoms with Crippen LogP contribution in [-0.4, -0.2) is 65.8 Å². The number of para-hydroxylation sites is 2. The molecule has 0 spiro atoms. The maximum absolute atomic E-state index is 5.60. The van der Waals surface area contributed by atoms with Crippen molar-refractivity contribution in [3.8, 4) is 0 Å². The molecule has 1 saturated carbocycles. The molecule has 1 aromatic heterocycles. The summed E-state index contributed by atoms with van der Waals surface area (Å²) in [6.45, 7) is 5.34. The van der Waals surface area contributed by atoms with E-state index in [0.29, 0.717) is 6.54 Å². The molecule has 1 saturated heterocycles. The molecule has 0 amide bonds. The molecule has 4 rings (SSSR count). The van der Waals surface area contributed by atoms with Crippen molar-refractivity contribution in [1.82, 2.24) is 25.1 Å². The van der Waals surface area contributed by atoms with Gasteiger partial charge < -0.3 is 19.9 Å². The highest BCUT2D eigenvalue weighted by Gasteiger charge is 2.38. The first-order chi connectivity index (χ1) is 14.2. The summed E-state index contributed by atoms with van der Waals surface area (Å²) in [6, 6.07) is 8.24. The summed E-state index contributed by atoms with van der Waals surface area (Å²) in [5.74, 6) is 1.85. The maximum Gasteiger partial charge on any atom is 0.191 e. The van der Waals surface area contributed by atoms with E-state index in [1.54, 1.807) is 0 Å². The van der Waals surface area contributed by atoms with E-state index in [0.717, 1.165) is 55.7 Å². The molecule has 2 aliphatic rings. The van der Waals surface area contributed by atoms with Crippen molar-refractivity contribution in [2.24, 2.45) is 12.0 Å². The van der Waals surface area contributed by atoms with Gasteiger partial charge in [0.25, 0.3) is 0 Å². The Morgan fingerprint density at radius 2 is 1.87 bits per heavy atom. The smallest absolute Gasteiger partial charge is 0.191 e. The number of rotatable bonds is 5. The molecule has 2 heterocycles. The molecule has 7 nitrogen and oxygen atoms in total. The van der Waals surface area contributed by atoms with Gasteiger partial charge in [-0.2, -0.15) is 0 Å². The second-order valence-corrected chi connectivity index (χ2v) is 8.24. The van der Waals surface area contributed by atoms with Crippen LogP contribution in [0.1, 0.15) is 37.9 Å². The van der Waals surface area contributed by atoms with Gasteiger partial charge in [-0.15, -0.1) is 24.0 Å². The summed E-state index contributed by atoms with van der Waals surface area (Å²) < 4.78 is 7.74. The Balaban J connectivity index is 0.00000256. The second kappa shape index (κ2) is 10.8. The first kappa shape index (κ1) is 23.3. The number of nitrogens with zero attached hydrogens (tertiary/aromatic N) is 4. The molecule has 0 atom stereocenters. The van der Waals surface area contributed by atoms with Gasteiger partial charge in [0.2, 0.25) is 0 Å². The van der Waals surface area contributed by atoms with Gasteiger partial charge in [0.1, 0.15) is 5.82 Å². The number of aromatic nitrogens is 2. The van der Waals surface area contributed by atoms with E-state index in [1.807, 2.05) is 13.1 Å². The summed E-state index contributed by atoms with van der Waals surface area (Å²) in [5, 5.41) is 7.08. The minimum absolute atomic E-state index is 0. The van der Waals surface area contributed by atoms with Crippen LogP contribution in [0.3, 0.4) is 0 Å². The zero-order valence-corrected chi connectivity index (χ0v) is 20.5. The van der Waals surface area contributed by atoms with E-state index in [-0.39, 0.29) is 29.5 Å². The van der Waals surface area contributed by atoms with E-state index in [4.69, 9.17) is 9.72 Å². The molecule has 1 aromatic carbocycles. The number of hydrogen-bond acceptors (Lipinski definition) is 4. The third kappa shape index (κ3) is 5.08. The summed E-state index contributed by atoms with van der Waals surface area (Å²) in [4.78, 5) is 11.9. The molecule has 1 aliphatic carbocycles. The van der Waals surface area contributed by atoms with Crippen LogP contribution in [-0.2, 0) is 18.3 Å². The van der Waals surface area contributed by atoms with Crippen molar-refractivity contribution < 1.29 is 4.74 Å². The minimum atomic E-state index is 0. The number of halogens is 1. The lowest BCUT2D eigenvalue weighted by Crippen LogP contribution is -2.60. The van der Waals surface area contributed by atoms with Crippen LogP contribution < -0.4 is 10.6 Å². The molecule has 8 heteroatoms. The summed E-state index contributed by atoms with van der Waals surface area (Å²) >= 11 is 0. The van der Waals surface area contributed by atoms with Crippen LogP contribution in [0.4, 0.5) is 0 Å². The van der Waals surface area contributed by atoms with Crippen LogP contribution in [0.25, 0.3) is 11.0 Å². The Labute approximate surface area is 196 Å². The monoisotopic (exact) mass is 526 g/mol. The van der Waals surface area contributed by atoms with E-state index in [1.165, 1.54) is 32.1 Å². The number of aryl methyl sites for hydroxylation is 1. The zero-order chi connectivity index (χ0) is 20.1. The molecular formula is C22H35IN6O. The molecule has 0 unspecified atom stereocenters. The molecule has 2 fully saturated rings. The number of benzene rings is 1. The quantitative estimate of drug-likeness (QED) is 0.357. The predicted molar refractivity (Wildman–Crippen MR) is 133 cm³/mol. The van der Waals surface area contributed by atoms with Crippen LogP contribution in [0.5, 0.6) is 0 Å². The largest absolute Gasteiger partial charge is 0.379 e. The summed E-state index contributed by atoms with van der Waals surface area (Å²) in [5.41, 5.74) is 2.40. The fourth-order valence-corrected chi connectivity index (χ4v) is 4.84. The highest BCUT2D eigenvalue weighted by atomic mass is 127. The highest BCUT2D eigenvalue weighted by Crippen LogP contribution is 2.33. The number of imidazole rings is 1. The third-order valence-electron chi connectivity index (χ3n) is 6.57. The Morgan fingerprint density at radius 1 is 1.13 bits per heavy atom. The number of aliphatic imine (C=N–C) groups is 1. The number of hydrogen-bond donors (Lipinski definition) is 2. The Hall–Kier alpha value is -1.39. The standard InChI is InChI=1S/C22H34N6O.HI/c1-23-21(24-16-20-26-18-8-4-5-9-19(18)27(20)2)25-17-22(10-6-3-7-11-22)28-12-14-29-15-13-28;/h4-5,8-9H,3,6-7,10-17H2,1-2H3,(H2,23,24,25);1H. The Morgan fingerprint density at radius 3 is 2.57 bits per heavy atom. The van der Waals surface area contributed by atoms with E-state index in [9.17, 15) is 0 Å². The fraction of sp³-hybridized carbons (Fsp3) is 0.636. The van der Waals surface area contributed by atoms with Crippen LogP contribution in [0.2, 0.25) is 0 Å². The predicted octanol–water partition coefficient (Wildman–Crippen LogP) is 2.89. The van der Waals surface area contributed by atoms with Crippen molar-refractivity contribution in [1.29, 1.82) is 0 Å². The number of guanidine groups is 1. The van der Waals surface area contributed by atoms with Crippen molar-refractivity contribution in [2.45, 2.75) is 44.2 Å². The molecule has 2 aromatic rings. The van der Waals surface area contributed by atoms with Gasteiger partial charge in [-0.25, -0.2) is 4.98 Å². The number of morpholine rings is 1. The SMILES string of the molecule is CN=C(NCc1nc2ccccc2n1C)NCC1(N2CCOCC2)CCCCC1.I. The molecule has 1 aliphatic heterocycles. The highest BCUT2D eigenvalue weighted by molar-refractivity contribution is 14.0. The second-order valence-electron chi connectivity index (χ2n) is 8.24. The van der Waals surface area contributed by atoms with Gasteiger partial charge in [-0.05, 0) is 25.0 Å². The van der Waals surface area contributed by atoms with Gasteiger partial charge >= 0.3 is 0 Å². The maximum atomic E-state index is 5.60. The average molecular weight is 526 g/mol. The first-order valence-electron chi connectivity index (χ1n) is 10.9. The van der Waals surface area contributed by atoms with Gasteiger partial charge in [0.05, 0.1) is 30.8 Å². The van der Waals surface area contributed by atoms with Crippen LogP contribution in [0.15, 0.2) is 29.3 Å². The third-order valence-corrected chi connectivity index (χ3v) is 6.57. The molecule has 30 heavy (non-hydrogen) atoms. The Bertz CT molecular complexity index is 839. The first-order valence-corrected chi connectivity index (χ1v) is 10.9.